The maximum atomic E-state index is 5.34. The van der Waals surface area contributed by atoms with Gasteiger partial charge in [-0.1, -0.05) is 36.9 Å². The van der Waals surface area contributed by atoms with Crippen molar-refractivity contribution in [3.63, 3.8) is 0 Å². The largest absolute Gasteiger partial charge is 0.468 e. The van der Waals surface area contributed by atoms with Crippen molar-refractivity contribution in [1.82, 2.24) is 5.32 Å². The maximum absolute atomic E-state index is 5.34. The van der Waals surface area contributed by atoms with E-state index in [-0.39, 0.29) is 6.04 Å². The number of furan rings is 1. The summed E-state index contributed by atoms with van der Waals surface area (Å²) in [7, 11) is 0. The monoisotopic (exact) mass is 227 g/mol. The van der Waals surface area contributed by atoms with E-state index >= 15 is 0 Å². The van der Waals surface area contributed by atoms with Gasteiger partial charge >= 0.3 is 0 Å². The molecule has 0 fully saturated rings. The zero-order chi connectivity index (χ0) is 12.1. The van der Waals surface area contributed by atoms with Crippen LogP contribution in [-0.4, -0.2) is 6.54 Å². The molecule has 2 rings (SSSR count). The fourth-order valence-electron chi connectivity index (χ4n) is 1.69. The van der Waals surface area contributed by atoms with Gasteiger partial charge in [0.2, 0.25) is 0 Å². The van der Waals surface area contributed by atoms with E-state index in [1.165, 1.54) is 5.56 Å². The van der Waals surface area contributed by atoms with Crippen LogP contribution in [0.25, 0.3) is 5.57 Å². The summed E-state index contributed by atoms with van der Waals surface area (Å²) in [4.78, 5) is 0. The highest BCUT2D eigenvalue weighted by molar-refractivity contribution is 5.64. The van der Waals surface area contributed by atoms with Gasteiger partial charge in [0, 0.05) is 6.54 Å². The standard InChI is InChI=1S/C15H17NO/c1-12(14-7-4-3-5-8-14)11-16-13(2)15-9-6-10-17-15/h3-10,13,16H,1,11H2,2H3/t13-/m0/s1. The summed E-state index contributed by atoms with van der Waals surface area (Å²) >= 11 is 0. The summed E-state index contributed by atoms with van der Waals surface area (Å²) in [5.41, 5.74) is 2.26. The zero-order valence-corrected chi connectivity index (χ0v) is 10.0. The smallest absolute Gasteiger partial charge is 0.120 e. The van der Waals surface area contributed by atoms with E-state index in [1.54, 1.807) is 6.26 Å². The first-order valence-electron chi connectivity index (χ1n) is 5.77. The highest BCUT2D eigenvalue weighted by Gasteiger charge is 2.07. The van der Waals surface area contributed by atoms with Crippen LogP contribution in [0.15, 0.2) is 59.7 Å². The Morgan fingerprint density at radius 3 is 2.65 bits per heavy atom. The topological polar surface area (TPSA) is 25.2 Å². The highest BCUT2D eigenvalue weighted by Crippen LogP contribution is 2.15. The van der Waals surface area contributed by atoms with E-state index in [0.29, 0.717) is 0 Å². The molecule has 0 saturated heterocycles. The molecule has 88 valence electrons. The molecule has 0 aliphatic heterocycles. The van der Waals surface area contributed by atoms with Gasteiger partial charge in [-0.2, -0.15) is 0 Å². The minimum Gasteiger partial charge on any atom is -0.468 e. The fourth-order valence-corrected chi connectivity index (χ4v) is 1.69. The highest BCUT2D eigenvalue weighted by atomic mass is 16.3. The van der Waals surface area contributed by atoms with E-state index in [9.17, 15) is 0 Å². The average Bonchev–Trinajstić information content (AvgIpc) is 2.90. The Balaban J connectivity index is 1.89. The molecular weight excluding hydrogens is 210 g/mol. The molecule has 1 N–H and O–H groups in total. The van der Waals surface area contributed by atoms with Crippen LogP contribution in [0.4, 0.5) is 0 Å². The predicted octanol–water partition coefficient (Wildman–Crippen LogP) is 3.64. The van der Waals surface area contributed by atoms with Crippen LogP contribution in [0.2, 0.25) is 0 Å². The van der Waals surface area contributed by atoms with Crippen molar-refractivity contribution in [3.05, 3.63) is 66.6 Å². The molecule has 1 aromatic carbocycles. The summed E-state index contributed by atoms with van der Waals surface area (Å²) in [5.74, 6) is 0.950. The number of hydrogen-bond acceptors (Lipinski definition) is 2. The lowest BCUT2D eigenvalue weighted by atomic mass is 10.1. The van der Waals surface area contributed by atoms with Crippen molar-refractivity contribution in [2.24, 2.45) is 0 Å². The zero-order valence-electron chi connectivity index (χ0n) is 10.0. The molecule has 17 heavy (non-hydrogen) atoms. The van der Waals surface area contributed by atoms with Crippen LogP contribution >= 0.6 is 0 Å². The van der Waals surface area contributed by atoms with Gasteiger partial charge in [0.05, 0.1) is 12.3 Å². The van der Waals surface area contributed by atoms with Crippen molar-refractivity contribution < 1.29 is 4.42 Å². The van der Waals surface area contributed by atoms with Crippen LogP contribution in [-0.2, 0) is 0 Å². The molecule has 1 atom stereocenters. The molecular formula is C15H17NO. The molecule has 2 heteroatoms. The van der Waals surface area contributed by atoms with Crippen LogP contribution in [0.3, 0.4) is 0 Å². The second kappa shape index (κ2) is 5.51. The van der Waals surface area contributed by atoms with Crippen molar-refractivity contribution >= 4 is 5.57 Å². The van der Waals surface area contributed by atoms with Gasteiger partial charge in [0.25, 0.3) is 0 Å². The first-order valence-corrected chi connectivity index (χ1v) is 5.77. The number of nitrogens with one attached hydrogen (secondary N) is 1. The number of hydrogen-bond donors (Lipinski definition) is 1. The molecule has 0 unspecified atom stereocenters. The minimum atomic E-state index is 0.200. The van der Waals surface area contributed by atoms with E-state index in [4.69, 9.17) is 4.42 Å². The molecule has 0 radical (unpaired) electrons. The number of rotatable bonds is 5. The van der Waals surface area contributed by atoms with Crippen LogP contribution in [0, 0.1) is 0 Å². The Morgan fingerprint density at radius 1 is 1.24 bits per heavy atom. The summed E-state index contributed by atoms with van der Waals surface area (Å²) in [6, 6.07) is 14.3. The Bertz CT molecular complexity index is 459. The third-order valence-corrected chi connectivity index (χ3v) is 2.77. The van der Waals surface area contributed by atoms with Gasteiger partial charge < -0.3 is 9.73 Å². The van der Waals surface area contributed by atoms with Crippen molar-refractivity contribution in [2.75, 3.05) is 6.54 Å². The van der Waals surface area contributed by atoms with E-state index in [2.05, 4.69) is 31.0 Å². The lowest BCUT2D eigenvalue weighted by Gasteiger charge is -2.13. The first kappa shape index (κ1) is 11.7. The second-order valence-corrected chi connectivity index (χ2v) is 4.09. The molecule has 0 spiro atoms. The van der Waals surface area contributed by atoms with Crippen molar-refractivity contribution in [1.29, 1.82) is 0 Å². The third kappa shape index (κ3) is 3.08. The van der Waals surface area contributed by atoms with Crippen LogP contribution in [0.1, 0.15) is 24.3 Å². The SMILES string of the molecule is C=C(CN[C@@H](C)c1ccco1)c1ccccc1. The lowest BCUT2D eigenvalue weighted by molar-refractivity contribution is 0.443. The normalized spacial score (nSPS) is 12.3. The Labute approximate surface area is 102 Å². The molecule has 2 nitrogen and oxygen atoms in total. The molecule has 0 bridgehead atoms. The van der Waals surface area contributed by atoms with Crippen LogP contribution in [0.5, 0.6) is 0 Å². The second-order valence-electron chi connectivity index (χ2n) is 4.09. The third-order valence-electron chi connectivity index (χ3n) is 2.77. The maximum Gasteiger partial charge on any atom is 0.120 e. The first-order chi connectivity index (χ1) is 8.27. The van der Waals surface area contributed by atoms with Crippen LogP contribution < -0.4 is 5.32 Å². The summed E-state index contributed by atoms with van der Waals surface area (Å²) < 4.78 is 5.34. The van der Waals surface area contributed by atoms with E-state index < -0.39 is 0 Å². The van der Waals surface area contributed by atoms with Gasteiger partial charge in [0.1, 0.15) is 5.76 Å². The van der Waals surface area contributed by atoms with Gasteiger partial charge in [-0.3, -0.25) is 0 Å². The minimum absolute atomic E-state index is 0.200. The van der Waals surface area contributed by atoms with Crippen molar-refractivity contribution in [2.45, 2.75) is 13.0 Å². The van der Waals surface area contributed by atoms with Gasteiger partial charge in [0.15, 0.2) is 0 Å². The summed E-state index contributed by atoms with van der Waals surface area (Å²) in [6.07, 6.45) is 1.69. The number of benzene rings is 1. The Kier molecular flexibility index (Phi) is 3.78. The summed E-state index contributed by atoms with van der Waals surface area (Å²) in [6.45, 7) is 6.92. The molecule has 2 aromatic rings. The lowest BCUT2D eigenvalue weighted by Crippen LogP contribution is -2.20. The molecule has 0 saturated carbocycles. The predicted molar refractivity (Wildman–Crippen MR) is 70.6 cm³/mol. The van der Waals surface area contributed by atoms with E-state index in [1.807, 2.05) is 30.3 Å². The van der Waals surface area contributed by atoms with Crippen molar-refractivity contribution in [3.8, 4) is 0 Å². The molecule has 0 aliphatic carbocycles. The molecule has 1 heterocycles. The summed E-state index contributed by atoms with van der Waals surface area (Å²) in [5, 5.41) is 3.39. The Hall–Kier alpha value is -1.80. The fraction of sp³-hybridized carbons (Fsp3) is 0.200. The Morgan fingerprint density at radius 2 is 2.00 bits per heavy atom. The molecule has 0 aliphatic rings. The molecule has 0 amide bonds. The van der Waals surface area contributed by atoms with Gasteiger partial charge in [-0.05, 0) is 30.2 Å². The van der Waals surface area contributed by atoms with E-state index in [0.717, 1.165) is 17.9 Å². The van der Waals surface area contributed by atoms with Gasteiger partial charge in [-0.25, -0.2) is 0 Å². The average molecular weight is 227 g/mol. The quantitative estimate of drug-likeness (QED) is 0.843. The molecule has 1 aromatic heterocycles. The van der Waals surface area contributed by atoms with Gasteiger partial charge in [-0.15, -0.1) is 0 Å².